The predicted octanol–water partition coefficient (Wildman–Crippen LogP) is -0.155. The molecule has 5 nitrogen and oxygen atoms in total. The Kier molecular flexibility index (Phi) is 4.69. The highest BCUT2D eigenvalue weighted by atomic mass is 16.5. The van der Waals surface area contributed by atoms with E-state index in [1.807, 2.05) is 0 Å². The summed E-state index contributed by atoms with van der Waals surface area (Å²) in [6.07, 6.45) is 1.44. The molecule has 1 aliphatic rings. The predicted molar refractivity (Wildman–Crippen MR) is 52.1 cm³/mol. The lowest BCUT2D eigenvalue weighted by molar-refractivity contribution is 0.0729. The highest BCUT2D eigenvalue weighted by molar-refractivity contribution is 5.74. The van der Waals surface area contributed by atoms with Crippen LogP contribution in [0.15, 0.2) is 0 Å². The number of urea groups is 1. The van der Waals surface area contributed by atoms with Crippen LogP contribution in [0.5, 0.6) is 0 Å². The van der Waals surface area contributed by atoms with Crippen LogP contribution in [-0.4, -0.2) is 43.0 Å². The second-order valence-electron chi connectivity index (χ2n) is 3.62. The molecule has 1 fully saturated rings. The third-order valence-electron chi connectivity index (χ3n) is 2.05. The molecular weight excluding hydrogens is 184 g/mol. The van der Waals surface area contributed by atoms with E-state index in [0.29, 0.717) is 6.61 Å². The van der Waals surface area contributed by atoms with Gasteiger partial charge in [-0.2, -0.15) is 0 Å². The molecule has 0 aromatic heterocycles. The van der Waals surface area contributed by atoms with Crippen molar-refractivity contribution in [2.24, 2.45) is 0 Å². The first-order valence-electron chi connectivity index (χ1n) is 4.98. The number of hydrogen-bond acceptors (Lipinski definition) is 3. The van der Waals surface area contributed by atoms with Gasteiger partial charge in [-0.25, -0.2) is 4.79 Å². The lowest BCUT2D eigenvalue weighted by atomic mass is 10.1. The Morgan fingerprint density at radius 3 is 3.07 bits per heavy atom. The van der Waals surface area contributed by atoms with Gasteiger partial charge in [0, 0.05) is 13.2 Å². The Morgan fingerprint density at radius 2 is 2.50 bits per heavy atom. The van der Waals surface area contributed by atoms with Gasteiger partial charge in [0.1, 0.15) is 0 Å². The minimum absolute atomic E-state index is 0.109. The van der Waals surface area contributed by atoms with Crippen molar-refractivity contribution in [3.63, 3.8) is 0 Å². The molecule has 5 heteroatoms. The first kappa shape index (κ1) is 11.3. The molecular formula is C9H18N2O3. The van der Waals surface area contributed by atoms with Crippen LogP contribution in [-0.2, 0) is 4.74 Å². The van der Waals surface area contributed by atoms with Crippen molar-refractivity contribution < 1.29 is 14.6 Å². The van der Waals surface area contributed by atoms with Gasteiger partial charge in [-0.3, -0.25) is 0 Å². The Hall–Kier alpha value is -0.810. The fourth-order valence-corrected chi connectivity index (χ4v) is 1.33. The molecule has 1 rings (SSSR count). The number of aliphatic hydroxyl groups excluding tert-OH is 1. The van der Waals surface area contributed by atoms with E-state index in [-0.39, 0.29) is 18.6 Å². The van der Waals surface area contributed by atoms with Gasteiger partial charge in [0.15, 0.2) is 0 Å². The highest BCUT2D eigenvalue weighted by Crippen LogP contribution is 2.05. The van der Waals surface area contributed by atoms with E-state index in [2.05, 4.69) is 10.6 Å². The molecule has 1 aliphatic heterocycles. The molecule has 2 atom stereocenters. The van der Waals surface area contributed by atoms with E-state index >= 15 is 0 Å². The number of hydrogen-bond donors (Lipinski definition) is 3. The number of aliphatic hydroxyl groups is 1. The Morgan fingerprint density at radius 1 is 1.71 bits per heavy atom. The van der Waals surface area contributed by atoms with Gasteiger partial charge in [0.2, 0.25) is 0 Å². The number of carbonyl (C=O) groups is 1. The van der Waals surface area contributed by atoms with Crippen LogP contribution in [0.25, 0.3) is 0 Å². The third-order valence-corrected chi connectivity index (χ3v) is 2.05. The molecule has 82 valence electrons. The van der Waals surface area contributed by atoms with Crippen LogP contribution in [0.3, 0.4) is 0 Å². The summed E-state index contributed by atoms with van der Waals surface area (Å²) < 4.78 is 5.22. The number of carbonyl (C=O) groups excluding carboxylic acids is 1. The summed E-state index contributed by atoms with van der Waals surface area (Å²) in [5.41, 5.74) is 0. The summed E-state index contributed by atoms with van der Waals surface area (Å²) in [5.74, 6) is 0. The SMILES string of the molecule is CC(O)CNC(=O)NC1CCCOC1. The van der Waals surface area contributed by atoms with E-state index in [9.17, 15) is 4.79 Å². The molecule has 14 heavy (non-hydrogen) atoms. The van der Waals surface area contributed by atoms with Crippen molar-refractivity contribution in [2.45, 2.75) is 31.9 Å². The molecule has 3 N–H and O–H groups in total. The monoisotopic (exact) mass is 202 g/mol. The summed E-state index contributed by atoms with van der Waals surface area (Å²) in [6, 6.07) is -0.126. The lowest BCUT2D eigenvalue weighted by Gasteiger charge is -2.23. The number of nitrogens with one attached hydrogen (secondary N) is 2. The van der Waals surface area contributed by atoms with E-state index in [4.69, 9.17) is 9.84 Å². The number of ether oxygens (including phenoxy) is 1. The second kappa shape index (κ2) is 5.82. The van der Waals surface area contributed by atoms with Crippen LogP contribution in [0, 0.1) is 0 Å². The standard InChI is InChI=1S/C9H18N2O3/c1-7(12)5-10-9(13)11-8-3-2-4-14-6-8/h7-8,12H,2-6H2,1H3,(H2,10,11,13). The van der Waals surface area contributed by atoms with Gasteiger partial charge >= 0.3 is 6.03 Å². The number of rotatable bonds is 3. The van der Waals surface area contributed by atoms with Crippen molar-refractivity contribution in [3.8, 4) is 0 Å². The molecule has 0 bridgehead atoms. The molecule has 0 aromatic carbocycles. The lowest BCUT2D eigenvalue weighted by Crippen LogP contribution is -2.47. The molecule has 2 amide bonds. The van der Waals surface area contributed by atoms with Gasteiger partial charge in [-0.1, -0.05) is 0 Å². The molecule has 2 unspecified atom stereocenters. The zero-order valence-electron chi connectivity index (χ0n) is 8.45. The summed E-state index contributed by atoms with van der Waals surface area (Å²) in [6.45, 7) is 3.28. The van der Waals surface area contributed by atoms with Crippen molar-refractivity contribution in [2.75, 3.05) is 19.8 Å². The van der Waals surface area contributed by atoms with Crippen molar-refractivity contribution in [1.29, 1.82) is 0 Å². The van der Waals surface area contributed by atoms with Crippen molar-refractivity contribution >= 4 is 6.03 Å². The van der Waals surface area contributed by atoms with Gasteiger partial charge in [-0.05, 0) is 19.8 Å². The van der Waals surface area contributed by atoms with Gasteiger partial charge in [0.05, 0.1) is 18.8 Å². The normalized spacial score (nSPS) is 24.0. The van der Waals surface area contributed by atoms with Gasteiger partial charge in [0.25, 0.3) is 0 Å². The quantitative estimate of drug-likeness (QED) is 0.596. The number of amides is 2. The first-order chi connectivity index (χ1) is 6.68. The van der Waals surface area contributed by atoms with Crippen LogP contribution < -0.4 is 10.6 Å². The smallest absolute Gasteiger partial charge is 0.315 e. The maximum Gasteiger partial charge on any atom is 0.315 e. The van der Waals surface area contributed by atoms with Crippen LogP contribution >= 0.6 is 0 Å². The molecule has 0 spiro atoms. The Balaban J connectivity index is 2.12. The van der Waals surface area contributed by atoms with E-state index in [1.165, 1.54) is 0 Å². The molecule has 0 saturated carbocycles. The third kappa shape index (κ3) is 4.43. The van der Waals surface area contributed by atoms with E-state index in [0.717, 1.165) is 19.4 Å². The van der Waals surface area contributed by atoms with Gasteiger partial charge < -0.3 is 20.5 Å². The van der Waals surface area contributed by atoms with Crippen molar-refractivity contribution in [1.82, 2.24) is 10.6 Å². The van der Waals surface area contributed by atoms with E-state index in [1.54, 1.807) is 6.92 Å². The summed E-state index contributed by atoms with van der Waals surface area (Å²) in [4.78, 5) is 11.2. The minimum atomic E-state index is -0.511. The molecule has 0 aliphatic carbocycles. The maximum atomic E-state index is 11.2. The topological polar surface area (TPSA) is 70.6 Å². The average Bonchev–Trinajstić information content (AvgIpc) is 2.16. The van der Waals surface area contributed by atoms with E-state index < -0.39 is 6.10 Å². The Labute approximate surface area is 83.8 Å². The molecule has 0 aromatic rings. The van der Waals surface area contributed by atoms with Crippen LogP contribution in [0.4, 0.5) is 4.79 Å². The highest BCUT2D eigenvalue weighted by Gasteiger charge is 2.15. The fourth-order valence-electron chi connectivity index (χ4n) is 1.33. The second-order valence-corrected chi connectivity index (χ2v) is 3.62. The van der Waals surface area contributed by atoms with Crippen LogP contribution in [0.1, 0.15) is 19.8 Å². The molecule has 1 heterocycles. The maximum absolute atomic E-state index is 11.2. The summed E-state index contributed by atoms with van der Waals surface area (Å²) in [5, 5.41) is 14.3. The van der Waals surface area contributed by atoms with Gasteiger partial charge in [-0.15, -0.1) is 0 Å². The average molecular weight is 202 g/mol. The zero-order valence-corrected chi connectivity index (χ0v) is 8.45. The minimum Gasteiger partial charge on any atom is -0.392 e. The van der Waals surface area contributed by atoms with Crippen molar-refractivity contribution in [3.05, 3.63) is 0 Å². The fraction of sp³-hybridized carbons (Fsp3) is 0.889. The first-order valence-corrected chi connectivity index (χ1v) is 4.98. The zero-order chi connectivity index (χ0) is 10.4. The largest absolute Gasteiger partial charge is 0.392 e. The van der Waals surface area contributed by atoms with Crippen LogP contribution in [0.2, 0.25) is 0 Å². The molecule has 0 radical (unpaired) electrons. The summed E-state index contributed by atoms with van der Waals surface area (Å²) in [7, 11) is 0. The summed E-state index contributed by atoms with van der Waals surface area (Å²) >= 11 is 0. The Bertz CT molecular complexity index is 179. The molecule has 1 saturated heterocycles.